The number of anilines is 1. The molecule has 24 heavy (non-hydrogen) atoms. The first kappa shape index (κ1) is 15.5. The van der Waals surface area contributed by atoms with Crippen LogP contribution in [0.1, 0.15) is 39.8 Å². The lowest BCUT2D eigenvalue weighted by Gasteiger charge is -2.34. The Morgan fingerprint density at radius 3 is 2.88 bits per heavy atom. The number of nitrogens with zero attached hydrogens (tertiary/aromatic N) is 2. The zero-order valence-electron chi connectivity index (χ0n) is 13.1. The number of carbonyl (C=O) groups is 1. The van der Waals surface area contributed by atoms with Gasteiger partial charge in [0.05, 0.1) is 18.1 Å². The van der Waals surface area contributed by atoms with E-state index in [1.165, 1.54) is 23.6 Å². The molecule has 126 valence electrons. The number of nitrogens with one attached hydrogen (secondary N) is 1. The highest BCUT2D eigenvalue weighted by atomic mass is 32.1. The maximum atomic E-state index is 12.4. The molecule has 1 saturated heterocycles. The summed E-state index contributed by atoms with van der Waals surface area (Å²) >= 11 is 1.19. The summed E-state index contributed by atoms with van der Waals surface area (Å²) in [6.45, 7) is 2.33. The number of rotatable bonds is 4. The zero-order valence-corrected chi connectivity index (χ0v) is 13.9. The third-order valence-corrected chi connectivity index (χ3v) is 5.44. The molecule has 0 unspecified atom stereocenters. The van der Waals surface area contributed by atoms with Crippen molar-refractivity contribution >= 4 is 22.4 Å². The number of aryl methyl sites for hydroxylation is 1. The van der Waals surface area contributed by atoms with Gasteiger partial charge in [0.15, 0.2) is 10.6 Å². The van der Waals surface area contributed by atoms with Crippen LogP contribution in [0.25, 0.3) is 0 Å². The highest BCUT2D eigenvalue weighted by Crippen LogP contribution is 2.36. The van der Waals surface area contributed by atoms with Gasteiger partial charge in [-0.05, 0) is 19.8 Å². The summed E-state index contributed by atoms with van der Waals surface area (Å²) < 4.78 is 7.00. The Labute approximate surface area is 141 Å². The molecule has 0 radical (unpaired) electrons. The lowest BCUT2D eigenvalue weighted by Crippen LogP contribution is -2.45. The Hall–Kier alpha value is -2.03. The second-order valence-corrected chi connectivity index (χ2v) is 7.37. The molecule has 1 saturated carbocycles. The van der Waals surface area contributed by atoms with Gasteiger partial charge in [-0.3, -0.25) is 14.9 Å². The van der Waals surface area contributed by atoms with Crippen LogP contribution < -0.4 is 10.7 Å². The molecule has 2 aromatic rings. The highest BCUT2D eigenvalue weighted by Gasteiger charge is 2.40. The van der Waals surface area contributed by atoms with Gasteiger partial charge in [0.1, 0.15) is 11.2 Å². The van der Waals surface area contributed by atoms with Crippen LogP contribution in [0.4, 0.5) is 5.13 Å². The van der Waals surface area contributed by atoms with E-state index in [9.17, 15) is 14.7 Å². The normalized spacial score (nSPS) is 18.9. The SMILES string of the molecule is Cc1cc(=O)c(C(=O)Nc2ncc(C3(O)COC3)s2)cn1C1CC1. The van der Waals surface area contributed by atoms with Crippen molar-refractivity contribution in [2.75, 3.05) is 18.5 Å². The van der Waals surface area contributed by atoms with Crippen molar-refractivity contribution in [2.24, 2.45) is 0 Å². The van der Waals surface area contributed by atoms with E-state index in [2.05, 4.69) is 10.3 Å². The number of aliphatic hydroxyl groups is 1. The van der Waals surface area contributed by atoms with Gasteiger partial charge in [0.2, 0.25) is 0 Å². The maximum absolute atomic E-state index is 12.4. The van der Waals surface area contributed by atoms with Crippen molar-refractivity contribution < 1.29 is 14.6 Å². The topological polar surface area (TPSA) is 93.5 Å². The molecule has 4 rings (SSSR count). The van der Waals surface area contributed by atoms with Crippen molar-refractivity contribution in [2.45, 2.75) is 31.4 Å². The molecule has 1 aliphatic heterocycles. The Bertz CT molecular complexity index is 864. The molecule has 2 aromatic heterocycles. The van der Waals surface area contributed by atoms with Crippen LogP contribution in [-0.4, -0.2) is 33.8 Å². The Morgan fingerprint density at radius 2 is 2.25 bits per heavy atom. The molecule has 3 heterocycles. The molecule has 0 aromatic carbocycles. The minimum absolute atomic E-state index is 0.106. The quantitative estimate of drug-likeness (QED) is 0.872. The second-order valence-electron chi connectivity index (χ2n) is 6.34. The Balaban J connectivity index is 1.56. The second kappa shape index (κ2) is 5.51. The van der Waals surface area contributed by atoms with Crippen LogP contribution in [0, 0.1) is 6.92 Å². The first-order valence-corrected chi connectivity index (χ1v) is 8.58. The number of thiazole rings is 1. The number of hydrogen-bond donors (Lipinski definition) is 2. The van der Waals surface area contributed by atoms with Gasteiger partial charge in [-0.15, -0.1) is 0 Å². The van der Waals surface area contributed by atoms with E-state index in [1.807, 2.05) is 11.5 Å². The van der Waals surface area contributed by atoms with Gasteiger partial charge < -0.3 is 14.4 Å². The van der Waals surface area contributed by atoms with E-state index in [0.717, 1.165) is 18.5 Å². The van der Waals surface area contributed by atoms with Crippen molar-refractivity contribution in [1.82, 2.24) is 9.55 Å². The van der Waals surface area contributed by atoms with Crippen LogP contribution in [-0.2, 0) is 10.3 Å². The largest absolute Gasteiger partial charge is 0.379 e. The van der Waals surface area contributed by atoms with Gasteiger partial charge in [0.25, 0.3) is 5.91 Å². The summed E-state index contributed by atoms with van der Waals surface area (Å²) in [6, 6.07) is 1.88. The van der Waals surface area contributed by atoms with Crippen LogP contribution >= 0.6 is 11.3 Å². The van der Waals surface area contributed by atoms with E-state index < -0.39 is 11.5 Å². The minimum Gasteiger partial charge on any atom is -0.379 e. The third-order valence-electron chi connectivity index (χ3n) is 4.33. The monoisotopic (exact) mass is 347 g/mol. The highest BCUT2D eigenvalue weighted by molar-refractivity contribution is 7.15. The molecule has 2 fully saturated rings. The molecule has 0 atom stereocenters. The van der Waals surface area contributed by atoms with E-state index in [1.54, 1.807) is 6.20 Å². The summed E-state index contributed by atoms with van der Waals surface area (Å²) in [6.07, 6.45) is 5.30. The summed E-state index contributed by atoms with van der Waals surface area (Å²) in [5.74, 6) is -0.479. The lowest BCUT2D eigenvalue weighted by molar-refractivity contribution is -0.182. The van der Waals surface area contributed by atoms with Crippen LogP contribution in [0.2, 0.25) is 0 Å². The molecule has 8 heteroatoms. The molecule has 1 aliphatic carbocycles. The fraction of sp³-hybridized carbons (Fsp3) is 0.438. The summed E-state index contributed by atoms with van der Waals surface area (Å²) in [5, 5.41) is 13.2. The number of aromatic nitrogens is 2. The fourth-order valence-electron chi connectivity index (χ4n) is 2.71. The Kier molecular flexibility index (Phi) is 3.56. The predicted molar refractivity (Wildman–Crippen MR) is 88.5 cm³/mol. The Morgan fingerprint density at radius 1 is 1.50 bits per heavy atom. The third kappa shape index (κ3) is 2.66. The molecule has 0 bridgehead atoms. The number of amides is 1. The first-order valence-electron chi connectivity index (χ1n) is 7.77. The molecule has 7 nitrogen and oxygen atoms in total. The number of hydrogen-bond acceptors (Lipinski definition) is 6. The molecule has 2 aliphatic rings. The summed E-state index contributed by atoms with van der Waals surface area (Å²) in [5.41, 5.74) is -0.342. The van der Waals surface area contributed by atoms with Crippen molar-refractivity contribution in [3.63, 3.8) is 0 Å². The van der Waals surface area contributed by atoms with Crippen molar-refractivity contribution in [3.05, 3.63) is 44.8 Å². The van der Waals surface area contributed by atoms with E-state index >= 15 is 0 Å². The molecule has 2 N–H and O–H groups in total. The summed E-state index contributed by atoms with van der Waals surface area (Å²) in [4.78, 5) is 29.3. The van der Waals surface area contributed by atoms with Crippen LogP contribution in [0.3, 0.4) is 0 Å². The smallest absolute Gasteiger partial charge is 0.262 e. The fourth-order valence-corrected chi connectivity index (χ4v) is 3.58. The maximum Gasteiger partial charge on any atom is 0.262 e. The standard InChI is InChI=1S/C16H17N3O4S/c1-9-4-12(20)11(6-19(9)10-2-3-10)14(21)18-15-17-5-13(24-15)16(22)7-23-8-16/h4-6,10,22H,2-3,7-8H2,1H3,(H,17,18,21). The lowest BCUT2D eigenvalue weighted by atomic mass is 10.0. The average molecular weight is 347 g/mol. The van der Waals surface area contributed by atoms with Crippen molar-refractivity contribution in [1.29, 1.82) is 0 Å². The average Bonchev–Trinajstić information content (AvgIpc) is 3.24. The van der Waals surface area contributed by atoms with Gasteiger partial charge in [-0.1, -0.05) is 11.3 Å². The summed E-state index contributed by atoms with van der Waals surface area (Å²) in [7, 11) is 0. The molecule has 0 spiro atoms. The molecule has 1 amide bonds. The zero-order chi connectivity index (χ0) is 16.9. The predicted octanol–water partition coefficient (Wildman–Crippen LogP) is 1.42. The van der Waals surface area contributed by atoms with E-state index in [-0.39, 0.29) is 24.2 Å². The van der Waals surface area contributed by atoms with Gasteiger partial charge in [-0.25, -0.2) is 4.98 Å². The molecular formula is C16H17N3O4S. The van der Waals surface area contributed by atoms with E-state index in [4.69, 9.17) is 4.74 Å². The van der Waals surface area contributed by atoms with E-state index in [0.29, 0.717) is 16.1 Å². The number of carbonyl (C=O) groups excluding carboxylic acids is 1. The van der Waals surface area contributed by atoms with Gasteiger partial charge in [-0.2, -0.15) is 0 Å². The van der Waals surface area contributed by atoms with Crippen LogP contribution in [0.5, 0.6) is 0 Å². The van der Waals surface area contributed by atoms with Crippen molar-refractivity contribution in [3.8, 4) is 0 Å². The van der Waals surface area contributed by atoms with Crippen LogP contribution in [0.15, 0.2) is 23.3 Å². The molecular weight excluding hydrogens is 330 g/mol. The van der Waals surface area contributed by atoms with Gasteiger partial charge >= 0.3 is 0 Å². The minimum atomic E-state index is -1.01. The first-order chi connectivity index (χ1) is 11.5. The number of pyridine rings is 1. The van der Waals surface area contributed by atoms with Gasteiger partial charge in [0, 0.05) is 30.2 Å². The number of ether oxygens (including phenoxy) is 1.